The summed E-state index contributed by atoms with van der Waals surface area (Å²) < 4.78 is 12.7. The quantitative estimate of drug-likeness (QED) is 0.338. The van der Waals surface area contributed by atoms with Crippen LogP contribution in [-0.4, -0.2) is 34.0 Å². The molecule has 1 aliphatic heterocycles. The number of hydrogen-bond acceptors (Lipinski definition) is 6. The monoisotopic (exact) mass is 410 g/mol. The Morgan fingerprint density at radius 3 is 2.76 bits per heavy atom. The van der Waals surface area contributed by atoms with Gasteiger partial charge >= 0.3 is 5.97 Å². The van der Waals surface area contributed by atoms with Gasteiger partial charge in [-0.2, -0.15) is 0 Å². The van der Waals surface area contributed by atoms with E-state index in [2.05, 4.69) is 4.98 Å². The molecule has 0 spiro atoms. The standard InChI is InChI=1S/C22H22N2O4S/c25-20(28-14-16-7-2-1-3-8-16)15-29-22-23-19-11-5-4-10-18(19)21(26)24(22)13-17-9-6-12-27-17/h1-5,7-8,10-11,17H,6,9,12-15H2/t17-/m1/s1. The minimum absolute atomic E-state index is 0.0000411. The number of fused-ring (bicyclic) bond motifs is 1. The van der Waals surface area contributed by atoms with Gasteiger partial charge in [-0.25, -0.2) is 4.98 Å². The van der Waals surface area contributed by atoms with E-state index < -0.39 is 0 Å². The number of carbonyl (C=O) groups excluding carboxylic acids is 1. The molecule has 1 aromatic heterocycles. The van der Waals surface area contributed by atoms with Crippen molar-refractivity contribution < 1.29 is 14.3 Å². The van der Waals surface area contributed by atoms with Crippen molar-refractivity contribution in [1.82, 2.24) is 9.55 Å². The van der Waals surface area contributed by atoms with Crippen molar-refractivity contribution in [2.24, 2.45) is 0 Å². The van der Waals surface area contributed by atoms with E-state index in [1.807, 2.05) is 48.5 Å². The van der Waals surface area contributed by atoms with Gasteiger partial charge < -0.3 is 9.47 Å². The average molecular weight is 410 g/mol. The van der Waals surface area contributed by atoms with E-state index in [9.17, 15) is 9.59 Å². The fourth-order valence-electron chi connectivity index (χ4n) is 3.31. The number of rotatable bonds is 7. The largest absolute Gasteiger partial charge is 0.460 e. The third-order valence-corrected chi connectivity index (χ3v) is 5.75. The fourth-order valence-corrected chi connectivity index (χ4v) is 4.12. The van der Waals surface area contributed by atoms with Crippen LogP contribution in [0.2, 0.25) is 0 Å². The smallest absolute Gasteiger partial charge is 0.316 e. The molecule has 7 heteroatoms. The Labute approximate surface area is 172 Å². The topological polar surface area (TPSA) is 70.4 Å². The Balaban J connectivity index is 1.50. The molecule has 0 bridgehead atoms. The van der Waals surface area contributed by atoms with Crippen molar-refractivity contribution >= 4 is 28.6 Å². The maximum atomic E-state index is 13.0. The van der Waals surface area contributed by atoms with Crippen LogP contribution in [0.3, 0.4) is 0 Å². The van der Waals surface area contributed by atoms with E-state index in [-0.39, 0.29) is 30.0 Å². The van der Waals surface area contributed by atoms with Crippen LogP contribution in [0, 0.1) is 0 Å². The highest BCUT2D eigenvalue weighted by atomic mass is 32.2. The van der Waals surface area contributed by atoms with Gasteiger partial charge in [0.15, 0.2) is 5.16 Å². The van der Waals surface area contributed by atoms with Gasteiger partial charge in [-0.05, 0) is 30.5 Å². The zero-order chi connectivity index (χ0) is 20.1. The van der Waals surface area contributed by atoms with Crippen molar-refractivity contribution in [3.05, 3.63) is 70.5 Å². The van der Waals surface area contributed by atoms with Gasteiger partial charge in [0.1, 0.15) is 6.61 Å². The van der Waals surface area contributed by atoms with Crippen LogP contribution < -0.4 is 5.56 Å². The van der Waals surface area contributed by atoms with Crippen LogP contribution in [-0.2, 0) is 27.4 Å². The first-order chi connectivity index (χ1) is 14.2. The van der Waals surface area contributed by atoms with E-state index in [0.717, 1.165) is 18.4 Å². The molecule has 6 nitrogen and oxygen atoms in total. The SMILES string of the molecule is O=C(CSc1nc2ccccc2c(=O)n1C[C@H]1CCCO1)OCc1ccccc1. The second-order valence-corrected chi connectivity index (χ2v) is 7.84. The van der Waals surface area contributed by atoms with Crippen LogP contribution in [0.25, 0.3) is 10.9 Å². The first kappa shape index (κ1) is 19.7. The van der Waals surface area contributed by atoms with Crippen LogP contribution in [0.15, 0.2) is 64.5 Å². The predicted octanol–water partition coefficient (Wildman–Crippen LogP) is 3.41. The van der Waals surface area contributed by atoms with Crippen molar-refractivity contribution in [2.75, 3.05) is 12.4 Å². The molecular weight excluding hydrogens is 388 g/mol. The lowest BCUT2D eigenvalue weighted by Gasteiger charge is -2.16. The summed E-state index contributed by atoms with van der Waals surface area (Å²) >= 11 is 1.22. The maximum Gasteiger partial charge on any atom is 0.316 e. The first-order valence-corrected chi connectivity index (χ1v) is 10.6. The van der Waals surface area contributed by atoms with Crippen molar-refractivity contribution in [3.8, 4) is 0 Å². The summed E-state index contributed by atoms with van der Waals surface area (Å²) in [6.07, 6.45) is 1.91. The third kappa shape index (κ3) is 4.86. The highest BCUT2D eigenvalue weighted by molar-refractivity contribution is 7.99. The summed E-state index contributed by atoms with van der Waals surface area (Å²) in [5, 5.41) is 1.09. The highest BCUT2D eigenvalue weighted by Crippen LogP contribution is 2.21. The van der Waals surface area contributed by atoms with Crippen molar-refractivity contribution in [1.29, 1.82) is 0 Å². The lowest BCUT2D eigenvalue weighted by atomic mass is 10.2. The number of esters is 1. The number of aromatic nitrogens is 2. The third-order valence-electron chi connectivity index (χ3n) is 4.80. The molecule has 2 aromatic carbocycles. The molecule has 29 heavy (non-hydrogen) atoms. The zero-order valence-electron chi connectivity index (χ0n) is 16.0. The molecule has 0 radical (unpaired) electrons. The lowest BCUT2D eigenvalue weighted by Crippen LogP contribution is -2.29. The molecule has 0 saturated carbocycles. The summed E-state index contributed by atoms with van der Waals surface area (Å²) in [5.74, 6) is -0.256. The Bertz CT molecular complexity index is 1050. The highest BCUT2D eigenvalue weighted by Gasteiger charge is 2.20. The van der Waals surface area contributed by atoms with Crippen LogP contribution in [0.4, 0.5) is 0 Å². The summed E-state index contributed by atoms with van der Waals surface area (Å²) in [6, 6.07) is 16.8. The Morgan fingerprint density at radius 1 is 1.17 bits per heavy atom. The van der Waals surface area contributed by atoms with Gasteiger partial charge in [-0.1, -0.05) is 54.2 Å². The van der Waals surface area contributed by atoms with Gasteiger partial charge in [0.2, 0.25) is 0 Å². The number of thioether (sulfide) groups is 1. The molecule has 1 atom stereocenters. The van der Waals surface area contributed by atoms with Crippen LogP contribution in [0.1, 0.15) is 18.4 Å². The van der Waals surface area contributed by atoms with Gasteiger partial charge in [-0.3, -0.25) is 14.2 Å². The van der Waals surface area contributed by atoms with Crippen molar-refractivity contribution in [2.45, 2.75) is 37.3 Å². The molecule has 0 amide bonds. The molecule has 150 valence electrons. The number of benzene rings is 2. The zero-order valence-corrected chi connectivity index (χ0v) is 16.8. The molecule has 1 fully saturated rings. The second kappa shape index (κ2) is 9.24. The number of ether oxygens (including phenoxy) is 2. The molecular formula is C22H22N2O4S. The van der Waals surface area contributed by atoms with Gasteiger partial charge in [-0.15, -0.1) is 0 Å². The molecule has 0 unspecified atom stereocenters. The van der Waals surface area contributed by atoms with Crippen molar-refractivity contribution in [3.63, 3.8) is 0 Å². The first-order valence-electron chi connectivity index (χ1n) is 9.64. The molecule has 4 rings (SSSR count). The molecule has 0 aliphatic carbocycles. The Morgan fingerprint density at radius 2 is 1.97 bits per heavy atom. The maximum absolute atomic E-state index is 13.0. The molecule has 0 N–H and O–H groups in total. The Hall–Kier alpha value is -2.64. The minimum Gasteiger partial charge on any atom is -0.460 e. The van der Waals surface area contributed by atoms with Gasteiger partial charge in [0.05, 0.1) is 29.3 Å². The van der Waals surface area contributed by atoms with Crippen LogP contribution >= 0.6 is 11.8 Å². The summed E-state index contributed by atoms with van der Waals surface area (Å²) in [5.41, 5.74) is 1.46. The Kier molecular flexibility index (Phi) is 6.27. The molecule has 1 saturated heterocycles. The van der Waals surface area contributed by atoms with Crippen LogP contribution in [0.5, 0.6) is 0 Å². The summed E-state index contributed by atoms with van der Waals surface area (Å²) in [4.78, 5) is 29.9. The normalized spacial score (nSPS) is 16.2. The number of nitrogens with zero attached hydrogens (tertiary/aromatic N) is 2. The molecule has 3 aromatic rings. The van der Waals surface area contributed by atoms with E-state index in [1.165, 1.54) is 11.8 Å². The fraction of sp³-hybridized carbons (Fsp3) is 0.318. The second-order valence-electron chi connectivity index (χ2n) is 6.90. The van der Waals surface area contributed by atoms with E-state index in [4.69, 9.17) is 9.47 Å². The minimum atomic E-state index is -0.343. The molecule has 1 aliphatic rings. The van der Waals surface area contributed by atoms with E-state index in [0.29, 0.717) is 29.2 Å². The summed E-state index contributed by atoms with van der Waals surface area (Å²) in [7, 11) is 0. The van der Waals surface area contributed by atoms with E-state index in [1.54, 1.807) is 10.6 Å². The number of hydrogen-bond donors (Lipinski definition) is 0. The summed E-state index contributed by atoms with van der Waals surface area (Å²) in [6.45, 7) is 1.39. The van der Waals surface area contributed by atoms with E-state index >= 15 is 0 Å². The lowest BCUT2D eigenvalue weighted by molar-refractivity contribution is -0.141. The molecule has 2 heterocycles. The number of carbonyl (C=O) groups is 1. The number of para-hydroxylation sites is 1. The average Bonchev–Trinajstić information content (AvgIpc) is 3.27. The van der Waals surface area contributed by atoms with Gasteiger partial charge in [0.25, 0.3) is 5.56 Å². The predicted molar refractivity (Wildman–Crippen MR) is 112 cm³/mol. The van der Waals surface area contributed by atoms with Gasteiger partial charge in [0, 0.05) is 6.61 Å².